The van der Waals surface area contributed by atoms with Crippen LogP contribution < -0.4 is 10.1 Å². The number of likely N-dealkylation sites (N-methyl/N-ethyl adjacent to an activating group) is 1. The number of nitro benzene ring substituents is 1. The summed E-state index contributed by atoms with van der Waals surface area (Å²) in [6, 6.07) is 3.46. The minimum atomic E-state index is -4.02. The molecule has 1 amide bonds. The zero-order valence-corrected chi connectivity index (χ0v) is 13.5. The Kier molecular flexibility index (Phi) is 4.85. The van der Waals surface area contributed by atoms with Crippen molar-refractivity contribution >= 4 is 21.6 Å². The smallest absolute Gasteiger partial charge is 0.312 e. The second-order valence-electron chi connectivity index (χ2n) is 5.19. The van der Waals surface area contributed by atoms with E-state index >= 15 is 0 Å². The van der Waals surface area contributed by atoms with Crippen LogP contribution in [0.4, 0.5) is 5.69 Å². The maximum Gasteiger partial charge on any atom is 0.312 e. The Bertz CT molecular complexity index is 729. The molecule has 1 N–H and O–H groups in total. The first-order valence-electron chi connectivity index (χ1n) is 6.84. The SMILES string of the molecule is COc1ccc(S(=O)(=O)N(C)CC(=O)NC2CC2)cc1[N+](=O)[O-]. The zero-order chi connectivity index (χ0) is 17.2. The third kappa shape index (κ3) is 3.96. The fourth-order valence-electron chi connectivity index (χ4n) is 1.94. The van der Waals surface area contributed by atoms with Crippen LogP contribution in [0.15, 0.2) is 23.1 Å². The number of nitro groups is 1. The molecule has 0 unspecified atom stereocenters. The Balaban J connectivity index is 2.22. The highest BCUT2D eigenvalue weighted by Gasteiger charge is 2.29. The summed E-state index contributed by atoms with van der Waals surface area (Å²) >= 11 is 0. The molecule has 0 bridgehead atoms. The number of rotatable bonds is 7. The number of nitrogens with one attached hydrogen (secondary N) is 1. The van der Waals surface area contributed by atoms with E-state index in [-0.39, 0.29) is 23.2 Å². The molecule has 1 saturated carbocycles. The van der Waals surface area contributed by atoms with E-state index < -0.39 is 26.5 Å². The van der Waals surface area contributed by atoms with Crippen LogP contribution in [0.25, 0.3) is 0 Å². The summed E-state index contributed by atoms with van der Waals surface area (Å²) in [5, 5.41) is 13.7. The average Bonchev–Trinajstić information content (AvgIpc) is 3.29. The lowest BCUT2D eigenvalue weighted by Crippen LogP contribution is -2.39. The number of ether oxygens (including phenoxy) is 1. The molecule has 9 nitrogen and oxygen atoms in total. The van der Waals surface area contributed by atoms with Crippen molar-refractivity contribution in [1.29, 1.82) is 0 Å². The van der Waals surface area contributed by atoms with Gasteiger partial charge in [0.05, 0.1) is 23.5 Å². The Labute approximate surface area is 133 Å². The predicted octanol–water partition coefficient (Wildman–Crippen LogP) is 0.502. The Hall–Kier alpha value is -2.20. The molecular weight excluding hydrogens is 326 g/mol. The Morgan fingerprint density at radius 2 is 2.13 bits per heavy atom. The lowest BCUT2D eigenvalue weighted by molar-refractivity contribution is -0.386. The molecule has 10 heteroatoms. The van der Waals surface area contributed by atoms with Crippen LogP contribution in [-0.4, -0.2) is 50.3 Å². The number of hydrogen-bond donors (Lipinski definition) is 1. The van der Waals surface area contributed by atoms with Crippen LogP contribution in [0.1, 0.15) is 12.8 Å². The van der Waals surface area contributed by atoms with Crippen LogP contribution in [-0.2, 0) is 14.8 Å². The molecule has 1 aromatic rings. The van der Waals surface area contributed by atoms with Crippen molar-refractivity contribution in [3.8, 4) is 5.75 Å². The van der Waals surface area contributed by atoms with Gasteiger partial charge in [-0.1, -0.05) is 0 Å². The number of benzene rings is 1. The molecule has 1 fully saturated rings. The number of nitrogens with zero attached hydrogens (tertiary/aromatic N) is 2. The van der Waals surface area contributed by atoms with Crippen molar-refractivity contribution in [2.24, 2.45) is 0 Å². The van der Waals surface area contributed by atoms with Crippen molar-refractivity contribution in [2.75, 3.05) is 20.7 Å². The fourth-order valence-corrected chi connectivity index (χ4v) is 3.09. The molecule has 23 heavy (non-hydrogen) atoms. The molecule has 0 aliphatic heterocycles. The van der Waals surface area contributed by atoms with Gasteiger partial charge in [0, 0.05) is 19.2 Å². The summed E-state index contributed by atoms with van der Waals surface area (Å²) < 4.78 is 30.5. The molecule has 1 aliphatic rings. The first kappa shape index (κ1) is 17.2. The molecule has 0 heterocycles. The molecule has 0 saturated heterocycles. The van der Waals surface area contributed by atoms with Gasteiger partial charge >= 0.3 is 5.69 Å². The van der Waals surface area contributed by atoms with E-state index in [2.05, 4.69) is 5.32 Å². The number of amides is 1. The van der Waals surface area contributed by atoms with Crippen molar-refractivity contribution in [3.05, 3.63) is 28.3 Å². The predicted molar refractivity (Wildman–Crippen MR) is 80.6 cm³/mol. The van der Waals surface area contributed by atoms with Gasteiger partial charge in [-0.05, 0) is 25.0 Å². The second kappa shape index (κ2) is 6.50. The van der Waals surface area contributed by atoms with Crippen molar-refractivity contribution in [2.45, 2.75) is 23.8 Å². The van der Waals surface area contributed by atoms with E-state index in [9.17, 15) is 23.3 Å². The molecule has 0 atom stereocenters. The maximum atomic E-state index is 12.4. The third-order valence-corrected chi connectivity index (χ3v) is 5.16. The van der Waals surface area contributed by atoms with E-state index in [1.807, 2.05) is 0 Å². The van der Waals surface area contributed by atoms with Crippen LogP contribution >= 0.6 is 0 Å². The number of methoxy groups -OCH3 is 1. The van der Waals surface area contributed by atoms with Crippen LogP contribution in [0.3, 0.4) is 0 Å². The van der Waals surface area contributed by atoms with Gasteiger partial charge in [-0.2, -0.15) is 4.31 Å². The van der Waals surface area contributed by atoms with Crippen molar-refractivity contribution in [1.82, 2.24) is 9.62 Å². The van der Waals surface area contributed by atoms with Gasteiger partial charge in [-0.25, -0.2) is 8.42 Å². The fraction of sp³-hybridized carbons (Fsp3) is 0.462. The molecule has 0 spiro atoms. The standard InChI is InChI=1S/C13H17N3O6S/c1-15(8-13(17)14-9-3-4-9)23(20,21)10-5-6-12(22-2)11(7-10)16(18)19/h5-7,9H,3-4,8H2,1-2H3,(H,14,17). The number of carbonyl (C=O) groups excluding carboxylic acids is 1. The normalized spacial score (nSPS) is 14.6. The molecule has 0 aromatic heterocycles. The summed E-state index contributed by atoms with van der Waals surface area (Å²) in [5.74, 6) is -0.440. The minimum Gasteiger partial charge on any atom is -0.490 e. The van der Waals surface area contributed by atoms with Gasteiger partial charge in [0.2, 0.25) is 15.9 Å². The number of hydrogen-bond acceptors (Lipinski definition) is 6. The number of sulfonamides is 1. The zero-order valence-electron chi connectivity index (χ0n) is 12.7. The average molecular weight is 343 g/mol. The van der Waals surface area contributed by atoms with E-state index in [0.29, 0.717) is 0 Å². The van der Waals surface area contributed by atoms with Gasteiger partial charge in [-0.15, -0.1) is 0 Å². The monoisotopic (exact) mass is 343 g/mol. The summed E-state index contributed by atoms with van der Waals surface area (Å²) in [7, 11) is -1.52. The van der Waals surface area contributed by atoms with Gasteiger partial charge in [0.15, 0.2) is 5.75 Å². The second-order valence-corrected chi connectivity index (χ2v) is 7.24. The molecule has 0 radical (unpaired) electrons. The van der Waals surface area contributed by atoms with E-state index in [1.165, 1.54) is 26.3 Å². The lowest BCUT2D eigenvalue weighted by atomic mass is 10.3. The van der Waals surface area contributed by atoms with Gasteiger partial charge < -0.3 is 10.1 Å². The molecule has 2 rings (SSSR count). The number of carbonyl (C=O) groups is 1. The van der Waals surface area contributed by atoms with Gasteiger partial charge in [0.25, 0.3) is 0 Å². The molecular formula is C13H17N3O6S. The van der Waals surface area contributed by atoms with Gasteiger partial charge in [-0.3, -0.25) is 14.9 Å². The molecule has 126 valence electrons. The Morgan fingerprint density at radius 3 is 2.65 bits per heavy atom. The quantitative estimate of drug-likeness (QED) is 0.569. The van der Waals surface area contributed by atoms with Crippen molar-refractivity contribution < 1.29 is 22.9 Å². The largest absolute Gasteiger partial charge is 0.490 e. The first-order chi connectivity index (χ1) is 10.8. The van der Waals surface area contributed by atoms with E-state index in [1.54, 1.807) is 0 Å². The van der Waals surface area contributed by atoms with Crippen molar-refractivity contribution in [3.63, 3.8) is 0 Å². The first-order valence-corrected chi connectivity index (χ1v) is 8.28. The molecule has 1 aromatic carbocycles. The third-order valence-electron chi connectivity index (χ3n) is 3.36. The highest BCUT2D eigenvalue weighted by molar-refractivity contribution is 7.89. The highest BCUT2D eigenvalue weighted by Crippen LogP contribution is 2.30. The Morgan fingerprint density at radius 1 is 1.48 bits per heavy atom. The van der Waals surface area contributed by atoms with Crippen LogP contribution in [0.5, 0.6) is 5.75 Å². The summed E-state index contributed by atoms with van der Waals surface area (Å²) in [5.41, 5.74) is -0.454. The highest BCUT2D eigenvalue weighted by atomic mass is 32.2. The lowest BCUT2D eigenvalue weighted by Gasteiger charge is -2.17. The van der Waals surface area contributed by atoms with Crippen LogP contribution in [0, 0.1) is 10.1 Å². The molecule has 1 aliphatic carbocycles. The topological polar surface area (TPSA) is 119 Å². The van der Waals surface area contributed by atoms with E-state index in [0.717, 1.165) is 23.2 Å². The van der Waals surface area contributed by atoms with Crippen LogP contribution in [0.2, 0.25) is 0 Å². The van der Waals surface area contributed by atoms with E-state index in [4.69, 9.17) is 4.74 Å². The maximum absolute atomic E-state index is 12.4. The van der Waals surface area contributed by atoms with Gasteiger partial charge in [0.1, 0.15) is 0 Å². The summed E-state index contributed by atoms with van der Waals surface area (Å²) in [6.07, 6.45) is 1.79. The summed E-state index contributed by atoms with van der Waals surface area (Å²) in [6.45, 7) is -0.349. The summed E-state index contributed by atoms with van der Waals surface area (Å²) in [4.78, 5) is 21.7. The minimum absolute atomic E-state index is 0.0388.